The highest BCUT2D eigenvalue weighted by atomic mass is 16.2. The molecule has 0 radical (unpaired) electrons. The molecule has 4 saturated carbocycles. The van der Waals surface area contributed by atoms with Gasteiger partial charge in [0.25, 0.3) is 0 Å². The molecule has 6 rings (SSSR count). The van der Waals surface area contributed by atoms with Crippen LogP contribution < -0.4 is 0 Å². The van der Waals surface area contributed by atoms with E-state index in [0.717, 1.165) is 12.8 Å². The van der Waals surface area contributed by atoms with Crippen molar-refractivity contribution in [2.75, 3.05) is 13.1 Å². The van der Waals surface area contributed by atoms with E-state index < -0.39 is 0 Å². The van der Waals surface area contributed by atoms with Crippen molar-refractivity contribution in [3.63, 3.8) is 0 Å². The molecule has 0 N–H and O–H groups in total. The van der Waals surface area contributed by atoms with E-state index >= 15 is 0 Å². The van der Waals surface area contributed by atoms with Crippen LogP contribution in [0.5, 0.6) is 0 Å². The summed E-state index contributed by atoms with van der Waals surface area (Å²) in [5, 5.41) is 0. The van der Waals surface area contributed by atoms with Crippen molar-refractivity contribution in [3.8, 4) is 0 Å². The zero-order valence-electron chi connectivity index (χ0n) is 14.0. The van der Waals surface area contributed by atoms with Crippen LogP contribution in [0.25, 0.3) is 0 Å². The van der Waals surface area contributed by atoms with Gasteiger partial charge < -0.3 is 0 Å². The fourth-order valence-electron chi connectivity index (χ4n) is 6.81. The van der Waals surface area contributed by atoms with E-state index in [9.17, 15) is 19.2 Å². The lowest BCUT2D eigenvalue weighted by Gasteiger charge is -2.62. The Morgan fingerprint density at radius 3 is 1.17 bits per heavy atom. The van der Waals surface area contributed by atoms with Crippen LogP contribution in [-0.4, -0.2) is 46.5 Å². The van der Waals surface area contributed by atoms with Gasteiger partial charge in [-0.1, -0.05) is 0 Å². The molecule has 2 saturated heterocycles. The Bertz CT molecular complexity index is 587. The van der Waals surface area contributed by atoms with Crippen molar-refractivity contribution in [2.24, 2.45) is 47.3 Å². The maximum absolute atomic E-state index is 12.9. The highest BCUT2D eigenvalue weighted by Crippen LogP contribution is 2.69. The van der Waals surface area contributed by atoms with Gasteiger partial charge in [0, 0.05) is 13.1 Å². The monoisotopic (exact) mass is 330 g/mol. The van der Waals surface area contributed by atoms with Gasteiger partial charge in [-0.2, -0.15) is 0 Å². The van der Waals surface area contributed by atoms with Crippen molar-refractivity contribution >= 4 is 23.6 Å². The summed E-state index contributed by atoms with van der Waals surface area (Å²) in [5.74, 6) is -1.35. The summed E-state index contributed by atoms with van der Waals surface area (Å²) in [5.41, 5.74) is 0. The van der Waals surface area contributed by atoms with E-state index in [4.69, 9.17) is 0 Å². The minimum absolute atomic E-state index is 0.0958. The molecule has 24 heavy (non-hydrogen) atoms. The third-order valence-corrected chi connectivity index (χ3v) is 7.64. The Balaban J connectivity index is 1.66. The van der Waals surface area contributed by atoms with Gasteiger partial charge in [-0.3, -0.25) is 29.0 Å². The number of likely N-dealkylation sites (tertiary alicyclic amines) is 2. The predicted octanol–water partition coefficient (Wildman–Crippen LogP) is 0.514. The molecule has 128 valence electrons. The molecule has 0 spiro atoms. The molecule has 6 atom stereocenters. The number of imide groups is 2. The van der Waals surface area contributed by atoms with Crippen LogP contribution in [0.2, 0.25) is 0 Å². The largest absolute Gasteiger partial charge is 0.282 e. The maximum atomic E-state index is 12.9. The normalized spacial score (nSPS) is 48.6. The summed E-state index contributed by atoms with van der Waals surface area (Å²) in [6.07, 6.45) is 2.05. The first-order chi connectivity index (χ1) is 11.5. The first-order valence-corrected chi connectivity index (χ1v) is 9.23. The lowest BCUT2D eigenvalue weighted by Crippen LogP contribution is -2.63. The van der Waals surface area contributed by atoms with Gasteiger partial charge in [0.2, 0.25) is 23.6 Å². The van der Waals surface area contributed by atoms with Crippen molar-refractivity contribution in [2.45, 2.75) is 26.7 Å². The first-order valence-electron chi connectivity index (χ1n) is 9.23. The number of rotatable bonds is 2. The number of hydrogen-bond donors (Lipinski definition) is 0. The molecule has 0 aromatic carbocycles. The van der Waals surface area contributed by atoms with E-state index in [2.05, 4.69) is 0 Å². The molecule has 2 heterocycles. The topological polar surface area (TPSA) is 74.8 Å². The first kappa shape index (κ1) is 14.6. The molecule has 2 aliphatic heterocycles. The van der Waals surface area contributed by atoms with E-state index in [0.29, 0.717) is 24.9 Å². The van der Waals surface area contributed by atoms with E-state index in [1.807, 2.05) is 13.8 Å². The SMILES string of the molecule is CCN1C(=O)C2C(C1=O)C1C3CCC3C2C2C(=O)N(CC)C(=O)C21. The second-order valence-electron chi connectivity index (χ2n) is 8.00. The van der Waals surface area contributed by atoms with Crippen LogP contribution in [0.4, 0.5) is 0 Å². The van der Waals surface area contributed by atoms with Gasteiger partial charge in [0.1, 0.15) is 0 Å². The molecular formula is C18H22N2O4. The molecule has 6 heteroatoms. The molecule has 4 aliphatic carbocycles. The van der Waals surface area contributed by atoms with Gasteiger partial charge in [-0.25, -0.2) is 0 Å². The van der Waals surface area contributed by atoms with Crippen molar-refractivity contribution < 1.29 is 19.2 Å². The van der Waals surface area contributed by atoms with Gasteiger partial charge in [0.05, 0.1) is 23.7 Å². The lowest BCUT2D eigenvalue weighted by molar-refractivity contribution is -0.185. The van der Waals surface area contributed by atoms with Crippen LogP contribution >= 0.6 is 0 Å². The highest BCUT2D eigenvalue weighted by Gasteiger charge is 2.75. The van der Waals surface area contributed by atoms with Crippen molar-refractivity contribution in [1.82, 2.24) is 9.80 Å². The predicted molar refractivity (Wildman–Crippen MR) is 81.9 cm³/mol. The molecule has 6 aliphatic rings. The van der Waals surface area contributed by atoms with Crippen molar-refractivity contribution in [3.05, 3.63) is 0 Å². The Labute approximate surface area is 140 Å². The Kier molecular flexibility index (Phi) is 2.72. The minimum atomic E-state index is -0.362. The quantitative estimate of drug-likeness (QED) is 0.692. The molecule has 0 aromatic rings. The van der Waals surface area contributed by atoms with Crippen molar-refractivity contribution in [1.29, 1.82) is 0 Å². The smallest absolute Gasteiger partial charge is 0.233 e. The third-order valence-electron chi connectivity index (χ3n) is 7.64. The summed E-state index contributed by atoms with van der Waals surface area (Å²) >= 11 is 0. The van der Waals surface area contributed by atoms with Gasteiger partial charge in [0.15, 0.2) is 0 Å². The Morgan fingerprint density at radius 1 is 0.667 bits per heavy atom. The lowest BCUT2D eigenvalue weighted by atomic mass is 9.39. The molecule has 6 fully saturated rings. The third kappa shape index (κ3) is 1.33. The molecule has 2 bridgehead atoms. The average molecular weight is 330 g/mol. The fourth-order valence-corrected chi connectivity index (χ4v) is 6.81. The molecule has 4 amide bonds. The summed E-state index contributed by atoms with van der Waals surface area (Å²) in [4.78, 5) is 54.2. The van der Waals surface area contributed by atoms with Crippen LogP contribution in [0, 0.1) is 47.3 Å². The zero-order chi connectivity index (χ0) is 16.9. The summed E-state index contributed by atoms with van der Waals surface area (Å²) in [6, 6.07) is 0. The number of carbonyl (C=O) groups is 4. The van der Waals surface area contributed by atoms with Gasteiger partial charge in [-0.05, 0) is 50.4 Å². The Hall–Kier alpha value is -1.72. The minimum Gasteiger partial charge on any atom is -0.282 e. The van der Waals surface area contributed by atoms with Gasteiger partial charge in [-0.15, -0.1) is 0 Å². The number of nitrogens with zero attached hydrogens (tertiary/aromatic N) is 2. The standard InChI is InChI=1S/C18H22N2O4/c1-3-19-15(21)11-9-7-5-6-8(7)10(12(11)16(19)22)14-13(9)17(23)20(4-2)18(14)24/h7-14H,3-6H2,1-2H3. The summed E-state index contributed by atoms with van der Waals surface area (Å²) in [6.45, 7) is 4.41. The molecular weight excluding hydrogens is 308 g/mol. The van der Waals surface area contributed by atoms with E-state index in [1.54, 1.807) is 0 Å². The Morgan fingerprint density at radius 2 is 0.958 bits per heavy atom. The zero-order valence-corrected chi connectivity index (χ0v) is 14.0. The number of carbonyl (C=O) groups excluding carboxylic acids is 4. The highest BCUT2D eigenvalue weighted by molar-refractivity contribution is 6.10. The second kappa shape index (κ2) is 4.46. The van der Waals surface area contributed by atoms with Crippen LogP contribution in [0.1, 0.15) is 26.7 Å². The second-order valence-corrected chi connectivity index (χ2v) is 8.00. The van der Waals surface area contributed by atoms with E-state index in [1.165, 1.54) is 9.80 Å². The van der Waals surface area contributed by atoms with Crippen LogP contribution in [0.3, 0.4) is 0 Å². The average Bonchev–Trinajstić information content (AvgIpc) is 2.93. The molecule has 6 nitrogen and oxygen atoms in total. The summed E-state index contributed by atoms with van der Waals surface area (Å²) < 4.78 is 0. The van der Waals surface area contributed by atoms with Crippen LogP contribution in [0.15, 0.2) is 0 Å². The molecule has 6 unspecified atom stereocenters. The molecule has 0 aromatic heterocycles. The van der Waals surface area contributed by atoms with E-state index in [-0.39, 0.29) is 59.1 Å². The van der Waals surface area contributed by atoms with Crippen LogP contribution in [-0.2, 0) is 19.2 Å². The van der Waals surface area contributed by atoms with Gasteiger partial charge >= 0.3 is 0 Å². The number of hydrogen-bond acceptors (Lipinski definition) is 4. The summed E-state index contributed by atoms with van der Waals surface area (Å²) in [7, 11) is 0. The maximum Gasteiger partial charge on any atom is 0.233 e. The number of amides is 4. The fraction of sp³-hybridized carbons (Fsp3) is 0.778.